The summed E-state index contributed by atoms with van der Waals surface area (Å²) in [4.78, 5) is 23.0. The average molecular weight is 197 g/mol. The Bertz CT molecular complexity index is 405. The minimum Gasteiger partial charge on any atom is -0.318 e. The lowest BCUT2D eigenvalue weighted by Gasteiger charge is -2.07. The third-order valence-electron chi connectivity index (χ3n) is 2.07. The van der Waals surface area contributed by atoms with E-state index in [0.29, 0.717) is 19.6 Å². The molecule has 0 atom stereocenters. The number of nitrogens with one attached hydrogen (secondary N) is 1. The number of hydrogen-bond acceptors (Lipinski definition) is 3. The van der Waals surface area contributed by atoms with Crippen molar-refractivity contribution in [2.45, 2.75) is 20.0 Å². The van der Waals surface area contributed by atoms with Crippen molar-refractivity contribution < 1.29 is 0 Å². The average Bonchev–Trinajstić information content (AvgIpc) is 2.18. The molecule has 14 heavy (non-hydrogen) atoms. The molecule has 1 N–H and O–H groups in total. The van der Waals surface area contributed by atoms with Crippen molar-refractivity contribution in [3.05, 3.63) is 33.1 Å². The number of aromatic nitrogens is 2. The number of likely N-dealkylation sites (N-methyl/N-ethyl adjacent to an activating group) is 1. The van der Waals surface area contributed by atoms with Gasteiger partial charge in [-0.05, 0) is 14.0 Å². The van der Waals surface area contributed by atoms with Crippen molar-refractivity contribution in [1.82, 2.24) is 14.5 Å². The first-order chi connectivity index (χ1) is 6.70. The molecular formula is C9H15N3O2. The van der Waals surface area contributed by atoms with Gasteiger partial charge in [-0.3, -0.25) is 9.36 Å². The van der Waals surface area contributed by atoms with Crippen LogP contribution in [0.3, 0.4) is 0 Å². The molecule has 0 spiro atoms. The molecule has 0 bridgehead atoms. The molecule has 0 fully saturated rings. The predicted molar refractivity (Wildman–Crippen MR) is 54.6 cm³/mol. The maximum atomic E-state index is 11.6. The maximum Gasteiger partial charge on any atom is 0.330 e. The molecule has 0 aromatic carbocycles. The van der Waals surface area contributed by atoms with E-state index in [4.69, 9.17) is 0 Å². The van der Waals surface area contributed by atoms with Gasteiger partial charge < -0.3 is 9.88 Å². The number of aryl methyl sites for hydroxylation is 1. The van der Waals surface area contributed by atoms with Crippen LogP contribution in [0.25, 0.3) is 0 Å². The molecule has 1 rings (SSSR count). The summed E-state index contributed by atoms with van der Waals surface area (Å²) in [6.45, 7) is 3.48. The predicted octanol–water partition coefficient (Wildman–Crippen LogP) is -0.751. The van der Waals surface area contributed by atoms with Crippen LogP contribution in [0.5, 0.6) is 0 Å². The van der Waals surface area contributed by atoms with Crippen LogP contribution in [-0.2, 0) is 13.1 Å². The molecule has 0 radical (unpaired) electrons. The number of hydrogen-bond donors (Lipinski definition) is 1. The molecule has 0 aliphatic heterocycles. The van der Waals surface area contributed by atoms with Crippen molar-refractivity contribution in [2.75, 3.05) is 13.6 Å². The van der Waals surface area contributed by atoms with Crippen molar-refractivity contribution in [2.24, 2.45) is 0 Å². The second kappa shape index (κ2) is 4.76. The third-order valence-corrected chi connectivity index (χ3v) is 2.07. The summed E-state index contributed by atoms with van der Waals surface area (Å²) in [5, 5.41) is 2.90. The third kappa shape index (κ3) is 2.11. The Labute approximate surface area is 82.0 Å². The van der Waals surface area contributed by atoms with Gasteiger partial charge in [-0.25, -0.2) is 4.79 Å². The normalized spacial score (nSPS) is 10.4. The Hall–Kier alpha value is -1.36. The van der Waals surface area contributed by atoms with Gasteiger partial charge in [0.2, 0.25) is 0 Å². The Balaban J connectivity index is 3.13. The summed E-state index contributed by atoms with van der Waals surface area (Å²) in [5.41, 5.74) is -0.481. The fourth-order valence-corrected chi connectivity index (χ4v) is 1.23. The highest BCUT2D eigenvalue weighted by Gasteiger charge is 2.02. The minimum atomic E-state index is -0.241. The second-order valence-electron chi connectivity index (χ2n) is 2.98. The molecule has 5 nitrogen and oxygen atoms in total. The van der Waals surface area contributed by atoms with Crippen LogP contribution in [0.1, 0.15) is 6.92 Å². The Morgan fingerprint density at radius 2 is 2.14 bits per heavy atom. The molecule has 1 aromatic heterocycles. The minimum absolute atomic E-state index is 0.241. The maximum absolute atomic E-state index is 11.6. The van der Waals surface area contributed by atoms with Gasteiger partial charge in [0, 0.05) is 31.9 Å². The highest BCUT2D eigenvalue weighted by molar-refractivity contribution is 4.86. The summed E-state index contributed by atoms with van der Waals surface area (Å²) in [7, 11) is 1.78. The zero-order chi connectivity index (χ0) is 10.6. The van der Waals surface area contributed by atoms with Gasteiger partial charge in [-0.1, -0.05) is 0 Å². The standard InChI is InChI=1S/C9H15N3O2/c1-3-11-6-4-8(13)12(9(11)14)7-5-10-2/h4,6,10H,3,5,7H2,1-2H3. The van der Waals surface area contributed by atoms with E-state index in [2.05, 4.69) is 5.32 Å². The van der Waals surface area contributed by atoms with Gasteiger partial charge in [-0.15, -0.1) is 0 Å². The quantitative estimate of drug-likeness (QED) is 0.691. The summed E-state index contributed by atoms with van der Waals surface area (Å²) < 4.78 is 2.75. The molecule has 0 amide bonds. The molecule has 0 saturated heterocycles. The SMILES string of the molecule is CCn1ccc(=O)n(CCNC)c1=O. The highest BCUT2D eigenvalue weighted by Crippen LogP contribution is 1.77. The van der Waals surface area contributed by atoms with E-state index < -0.39 is 0 Å². The zero-order valence-corrected chi connectivity index (χ0v) is 8.49. The number of rotatable bonds is 4. The van der Waals surface area contributed by atoms with Crippen LogP contribution in [0, 0.1) is 0 Å². The van der Waals surface area contributed by atoms with E-state index >= 15 is 0 Å². The Morgan fingerprint density at radius 1 is 1.43 bits per heavy atom. The first-order valence-electron chi connectivity index (χ1n) is 4.65. The molecule has 5 heteroatoms. The van der Waals surface area contributed by atoms with Gasteiger partial charge >= 0.3 is 5.69 Å². The Morgan fingerprint density at radius 3 is 2.71 bits per heavy atom. The second-order valence-corrected chi connectivity index (χ2v) is 2.98. The van der Waals surface area contributed by atoms with Gasteiger partial charge in [0.25, 0.3) is 5.56 Å². The van der Waals surface area contributed by atoms with Gasteiger partial charge in [0.1, 0.15) is 0 Å². The first kappa shape index (κ1) is 10.7. The van der Waals surface area contributed by atoms with Crippen LogP contribution in [-0.4, -0.2) is 22.7 Å². The van der Waals surface area contributed by atoms with Crippen molar-refractivity contribution in [3.8, 4) is 0 Å². The topological polar surface area (TPSA) is 56.0 Å². The van der Waals surface area contributed by atoms with E-state index in [0.717, 1.165) is 0 Å². The largest absolute Gasteiger partial charge is 0.330 e. The van der Waals surface area contributed by atoms with E-state index in [1.54, 1.807) is 7.05 Å². The van der Waals surface area contributed by atoms with E-state index in [-0.39, 0.29) is 11.2 Å². The number of nitrogens with zero attached hydrogens (tertiary/aromatic N) is 2. The van der Waals surface area contributed by atoms with Crippen LogP contribution in [0.2, 0.25) is 0 Å². The molecule has 0 aliphatic carbocycles. The van der Waals surface area contributed by atoms with E-state index in [1.165, 1.54) is 21.4 Å². The van der Waals surface area contributed by atoms with Crippen LogP contribution >= 0.6 is 0 Å². The molecule has 1 aromatic rings. The van der Waals surface area contributed by atoms with Crippen LogP contribution in [0.15, 0.2) is 21.9 Å². The van der Waals surface area contributed by atoms with Gasteiger partial charge in [0.15, 0.2) is 0 Å². The fourth-order valence-electron chi connectivity index (χ4n) is 1.23. The van der Waals surface area contributed by atoms with Crippen LogP contribution in [0.4, 0.5) is 0 Å². The van der Waals surface area contributed by atoms with Crippen molar-refractivity contribution in [3.63, 3.8) is 0 Å². The van der Waals surface area contributed by atoms with Gasteiger partial charge in [0.05, 0.1) is 0 Å². The lowest BCUT2D eigenvalue weighted by molar-refractivity contribution is 0.549. The zero-order valence-electron chi connectivity index (χ0n) is 8.49. The summed E-state index contributed by atoms with van der Waals surface area (Å²) in [6, 6.07) is 1.42. The highest BCUT2D eigenvalue weighted by atomic mass is 16.2. The summed E-state index contributed by atoms with van der Waals surface area (Å²) >= 11 is 0. The lowest BCUT2D eigenvalue weighted by atomic mass is 10.5. The smallest absolute Gasteiger partial charge is 0.318 e. The molecule has 1 heterocycles. The molecular weight excluding hydrogens is 182 g/mol. The fraction of sp³-hybridized carbons (Fsp3) is 0.556. The lowest BCUT2D eigenvalue weighted by Crippen LogP contribution is -2.40. The molecule has 78 valence electrons. The Kier molecular flexibility index (Phi) is 3.64. The monoisotopic (exact) mass is 197 g/mol. The van der Waals surface area contributed by atoms with E-state index in [1.807, 2.05) is 6.92 Å². The van der Waals surface area contributed by atoms with Crippen molar-refractivity contribution >= 4 is 0 Å². The van der Waals surface area contributed by atoms with Crippen molar-refractivity contribution in [1.29, 1.82) is 0 Å². The first-order valence-corrected chi connectivity index (χ1v) is 4.65. The van der Waals surface area contributed by atoms with Gasteiger partial charge in [-0.2, -0.15) is 0 Å². The summed E-state index contributed by atoms with van der Waals surface area (Å²) in [5.74, 6) is 0. The molecule has 0 unspecified atom stereocenters. The van der Waals surface area contributed by atoms with Crippen LogP contribution < -0.4 is 16.6 Å². The molecule has 0 aliphatic rings. The summed E-state index contributed by atoms with van der Waals surface area (Å²) in [6.07, 6.45) is 1.53. The van der Waals surface area contributed by atoms with E-state index in [9.17, 15) is 9.59 Å². The molecule has 0 saturated carbocycles.